The number of nitrogens with zero attached hydrogens (tertiary/aromatic N) is 1. The summed E-state index contributed by atoms with van der Waals surface area (Å²) in [5.74, 6) is -0.0335. The van der Waals surface area contributed by atoms with Crippen molar-refractivity contribution in [1.82, 2.24) is 4.90 Å². The van der Waals surface area contributed by atoms with Crippen molar-refractivity contribution in [2.24, 2.45) is 0 Å². The third-order valence-electron chi connectivity index (χ3n) is 2.39. The van der Waals surface area contributed by atoms with Crippen LogP contribution in [0, 0.1) is 0 Å². The van der Waals surface area contributed by atoms with Gasteiger partial charge in [0.2, 0.25) is 0 Å². The first kappa shape index (κ1) is 9.98. The second kappa shape index (κ2) is 3.90. The number of carbonyl (C=O) groups excluding carboxylic acids is 1. The number of hydrogen-bond acceptors (Lipinski definition) is 4. The van der Waals surface area contributed by atoms with E-state index < -0.39 is 0 Å². The number of cyclic esters (lactones) is 1. The normalized spacial score (nSPS) is 22.5. The topological polar surface area (TPSA) is 49.8 Å². The molecular weight excluding hydrogens is 194 g/mol. The van der Waals surface area contributed by atoms with Crippen molar-refractivity contribution in [2.45, 2.75) is 6.10 Å². The zero-order chi connectivity index (χ0) is 10.8. The Morgan fingerprint density at radius 2 is 2.33 bits per heavy atom. The van der Waals surface area contributed by atoms with Crippen molar-refractivity contribution in [3.8, 4) is 5.75 Å². The van der Waals surface area contributed by atoms with E-state index in [9.17, 15) is 9.90 Å². The fourth-order valence-electron chi connectivity index (χ4n) is 1.70. The predicted octanol–water partition coefficient (Wildman–Crippen LogP) is 0.922. The highest BCUT2D eigenvalue weighted by Crippen LogP contribution is 2.24. The molecule has 1 aliphatic heterocycles. The summed E-state index contributed by atoms with van der Waals surface area (Å²) < 4.78 is 5.21. The summed E-state index contributed by atoms with van der Waals surface area (Å²) >= 11 is 0. The highest BCUT2D eigenvalue weighted by atomic mass is 16.5. The van der Waals surface area contributed by atoms with Crippen LogP contribution < -0.4 is 0 Å². The van der Waals surface area contributed by atoms with Crippen LogP contribution in [0.15, 0.2) is 24.3 Å². The minimum absolute atomic E-state index is 0.191. The molecule has 0 aromatic heterocycles. The number of hydrogen-bond donors (Lipinski definition) is 1. The van der Waals surface area contributed by atoms with Crippen LogP contribution in [0.25, 0.3) is 0 Å². The van der Waals surface area contributed by atoms with Crippen molar-refractivity contribution < 1.29 is 14.6 Å². The number of ether oxygens (including phenoxy) is 1. The summed E-state index contributed by atoms with van der Waals surface area (Å²) in [6.07, 6.45) is -0.275. The van der Waals surface area contributed by atoms with Crippen molar-refractivity contribution in [2.75, 3.05) is 20.1 Å². The monoisotopic (exact) mass is 207 g/mol. The lowest BCUT2D eigenvalue weighted by Crippen LogP contribution is -2.38. The number of rotatable bonds is 1. The molecule has 15 heavy (non-hydrogen) atoms. The number of esters is 1. The van der Waals surface area contributed by atoms with E-state index in [2.05, 4.69) is 0 Å². The second-order valence-corrected chi connectivity index (χ2v) is 3.77. The second-order valence-electron chi connectivity index (χ2n) is 3.77. The van der Waals surface area contributed by atoms with Crippen LogP contribution in [0.1, 0.15) is 11.7 Å². The molecule has 0 amide bonds. The van der Waals surface area contributed by atoms with Crippen LogP contribution in [0.2, 0.25) is 0 Å². The minimum Gasteiger partial charge on any atom is -0.508 e. The Kier molecular flexibility index (Phi) is 2.60. The number of likely N-dealkylation sites (N-methyl/N-ethyl adjacent to an activating group) is 1. The van der Waals surface area contributed by atoms with E-state index in [1.165, 1.54) is 0 Å². The van der Waals surface area contributed by atoms with Crippen molar-refractivity contribution >= 4 is 5.97 Å². The maximum absolute atomic E-state index is 11.2. The molecular formula is C11H13NO3. The summed E-state index contributed by atoms with van der Waals surface area (Å²) in [7, 11) is 1.87. The van der Waals surface area contributed by atoms with E-state index in [-0.39, 0.29) is 17.8 Å². The number of benzene rings is 1. The van der Waals surface area contributed by atoms with Gasteiger partial charge in [-0.3, -0.25) is 9.69 Å². The molecule has 1 atom stereocenters. The zero-order valence-corrected chi connectivity index (χ0v) is 8.51. The summed E-state index contributed by atoms with van der Waals surface area (Å²) in [5.41, 5.74) is 0.829. The van der Waals surface area contributed by atoms with Gasteiger partial charge in [0.25, 0.3) is 0 Å². The molecule has 0 spiro atoms. The first-order valence-corrected chi connectivity index (χ1v) is 4.82. The van der Waals surface area contributed by atoms with Crippen LogP contribution in [0.4, 0.5) is 0 Å². The average Bonchev–Trinajstić information content (AvgIpc) is 2.16. The summed E-state index contributed by atoms with van der Waals surface area (Å²) in [4.78, 5) is 13.1. The zero-order valence-electron chi connectivity index (χ0n) is 8.51. The number of aromatic hydroxyl groups is 1. The smallest absolute Gasteiger partial charge is 0.320 e. The molecule has 1 aliphatic rings. The van der Waals surface area contributed by atoms with Gasteiger partial charge in [-0.15, -0.1) is 0 Å². The molecule has 1 fully saturated rings. The Hall–Kier alpha value is -1.55. The Morgan fingerprint density at radius 3 is 3.00 bits per heavy atom. The highest BCUT2D eigenvalue weighted by molar-refractivity contribution is 5.72. The van der Waals surface area contributed by atoms with E-state index in [1.54, 1.807) is 18.2 Å². The maximum Gasteiger partial charge on any atom is 0.320 e. The summed E-state index contributed by atoms with van der Waals surface area (Å²) in [5, 5.41) is 9.32. The molecule has 1 N–H and O–H groups in total. The van der Waals surface area contributed by atoms with Crippen molar-refractivity contribution in [3.63, 3.8) is 0 Å². The molecule has 2 rings (SSSR count). The van der Waals surface area contributed by atoms with Gasteiger partial charge in [-0.25, -0.2) is 0 Å². The van der Waals surface area contributed by atoms with Crippen LogP contribution in [-0.2, 0) is 9.53 Å². The molecule has 1 unspecified atom stereocenters. The lowest BCUT2D eigenvalue weighted by Gasteiger charge is -2.29. The Morgan fingerprint density at radius 1 is 1.53 bits per heavy atom. The molecule has 0 radical (unpaired) electrons. The maximum atomic E-state index is 11.2. The SMILES string of the molecule is CN1CC(=O)OC(c2cccc(O)c2)C1. The van der Waals surface area contributed by atoms with E-state index in [0.717, 1.165) is 5.56 Å². The Balaban J connectivity index is 2.19. The number of phenolic OH excluding ortho intramolecular Hbond substituents is 1. The summed E-state index contributed by atoms with van der Waals surface area (Å²) in [6, 6.07) is 6.80. The number of carbonyl (C=O) groups is 1. The van der Waals surface area contributed by atoms with E-state index >= 15 is 0 Å². The highest BCUT2D eigenvalue weighted by Gasteiger charge is 2.25. The van der Waals surface area contributed by atoms with Gasteiger partial charge in [-0.1, -0.05) is 12.1 Å². The molecule has 0 aliphatic carbocycles. The van der Waals surface area contributed by atoms with Gasteiger partial charge in [0, 0.05) is 6.54 Å². The molecule has 1 saturated heterocycles. The third kappa shape index (κ3) is 2.27. The van der Waals surface area contributed by atoms with E-state index in [4.69, 9.17) is 4.74 Å². The van der Waals surface area contributed by atoms with E-state index in [1.807, 2.05) is 18.0 Å². The largest absolute Gasteiger partial charge is 0.508 e. The van der Waals surface area contributed by atoms with Gasteiger partial charge in [0.05, 0.1) is 6.54 Å². The van der Waals surface area contributed by atoms with Crippen molar-refractivity contribution in [3.05, 3.63) is 29.8 Å². The molecule has 1 heterocycles. The first-order valence-electron chi connectivity index (χ1n) is 4.82. The first-order chi connectivity index (χ1) is 7.15. The molecule has 0 bridgehead atoms. The third-order valence-corrected chi connectivity index (χ3v) is 2.39. The molecule has 4 nitrogen and oxygen atoms in total. The summed E-state index contributed by atoms with van der Waals surface area (Å²) in [6.45, 7) is 0.991. The average molecular weight is 207 g/mol. The molecule has 1 aromatic carbocycles. The van der Waals surface area contributed by atoms with Gasteiger partial charge in [-0.2, -0.15) is 0 Å². The standard InChI is InChI=1S/C11H13NO3/c1-12-6-10(15-11(14)7-12)8-3-2-4-9(13)5-8/h2-5,10,13H,6-7H2,1H3. The molecule has 80 valence electrons. The van der Waals surface area contributed by atoms with Gasteiger partial charge in [0.15, 0.2) is 0 Å². The van der Waals surface area contributed by atoms with Gasteiger partial charge in [0.1, 0.15) is 11.9 Å². The van der Waals surface area contributed by atoms with E-state index in [0.29, 0.717) is 13.1 Å². The van der Waals surface area contributed by atoms with Crippen LogP contribution in [0.3, 0.4) is 0 Å². The number of morpholine rings is 1. The Bertz CT molecular complexity index is 378. The van der Waals surface area contributed by atoms with Gasteiger partial charge in [-0.05, 0) is 24.7 Å². The fraction of sp³-hybridized carbons (Fsp3) is 0.364. The Labute approximate surface area is 88.1 Å². The van der Waals surface area contributed by atoms with Crippen LogP contribution in [0.5, 0.6) is 5.75 Å². The predicted molar refractivity (Wildman–Crippen MR) is 54.4 cm³/mol. The molecule has 0 saturated carbocycles. The fourth-order valence-corrected chi connectivity index (χ4v) is 1.70. The lowest BCUT2D eigenvalue weighted by molar-refractivity contribution is -0.158. The van der Waals surface area contributed by atoms with Crippen LogP contribution >= 0.6 is 0 Å². The van der Waals surface area contributed by atoms with Gasteiger partial charge >= 0.3 is 5.97 Å². The van der Waals surface area contributed by atoms with Crippen LogP contribution in [-0.4, -0.2) is 36.1 Å². The quantitative estimate of drug-likeness (QED) is 0.696. The molecule has 1 aromatic rings. The minimum atomic E-state index is -0.275. The van der Waals surface area contributed by atoms with Gasteiger partial charge < -0.3 is 9.84 Å². The molecule has 4 heteroatoms. The van der Waals surface area contributed by atoms with Crippen molar-refractivity contribution in [1.29, 1.82) is 0 Å². The lowest BCUT2D eigenvalue weighted by atomic mass is 10.1. The number of phenols is 1.